The van der Waals surface area contributed by atoms with Crippen LogP contribution in [0.1, 0.15) is 22.3 Å². The van der Waals surface area contributed by atoms with Crippen LogP contribution in [0.25, 0.3) is 182 Å². The lowest BCUT2D eigenvalue weighted by Crippen LogP contribution is -2.28. The van der Waals surface area contributed by atoms with Crippen molar-refractivity contribution < 1.29 is 8.83 Å². The van der Waals surface area contributed by atoms with Crippen LogP contribution in [0.15, 0.2) is 288 Å². The van der Waals surface area contributed by atoms with E-state index in [0.29, 0.717) is 0 Å². The number of para-hydroxylation sites is 4. The minimum atomic E-state index is -0.551. The van der Waals surface area contributed by atoms with Crippen molar-refractivity contribution in [2.45, 2.75) is 5.41 Å². The molecule has 0 bridgehead atoms. The molecule has 0 amide bonds. The first-order valence-corrected chi connectivity index (χ1v) is 33.8. The van der Waals surface area contributed by atoms with Gasteiger partial charge in [0.05, 0.1) is 47.7 Å². The van der Waals surface area contributed by atoms with Crippen LogP contribution in [0, 0.1) is 0 Å². The maximum Gasteiger partial charge on any atom is 0.155 e. The number of hydrogen-bond donors (Lipinski definition) is 0. The highest BCUT2D eigenvalue weighted by molar-refractivity contribution is 7.27. The molecule has 0 atom stereocenters. The maximum absolute atomic E-state index is 7.21. The standard InChI is InChI=1S/C85H46N2O2S3/c1-3-20-48(21-4-1)85(49-22-5-2-6-23-49)63-32-13-7-24-53(63)54-42-39-51(46-64(54)85)87-66-34-15-9-26-57(66)73-75-61-41-38-47(44-71(61)92-84(75)81-77(79(73)87)59-28-11-17-36-68(59)89-81)52-30-19-31-55-62-45-50(40-43-70(62)90-82(52)55)86-65-33-14-8-25-56(65)72-74-60-29-12-18-37-69(60)91-83(74)80-76(78(72)86)58-27-10-16-35-67(58)88-80/h1-46H. The van der Waals surface area contributed by atoms with Crippen LogP contribution in [-0.2, 0) is 5.41 Å². The van der Waals surface area contributed by atoms with E-state index >= 15 is 0 Å². The highest BCUT2D eigenvalue weighted by atomic mass is 32.1. The number of thiophene rings is 3. The molecular formula is C85H46N2O2S3. The molecule has 4 nitrogen and oxygen atoms in total. The first-order chi connectivity index (χ1) is 45.7. The molecule has 0 spiro atoms. The molecule has 7 heterocycles. The van der Waals surface area contributed by atoms with Crippen LogP contribution < -0.4 is 0 Å². The van der Waals surface area contributed by atoms with E-state index in [9.17, 15) is 0 Å². The van der Waals surface area contributed by atoms with Gasteiger partial charge in [0, 0.05) is 94.8 Å². The SMILES string of the molecule is c1ccc(C2(c3ccccc3)c3ccccc3-c3ccc(-n4c5ccccc5c5c6c7ccc(-c8cccc9c8sc8ccc(-n%10c%11ccccc%11c%11c%12c%13ccccc%13sc%12c%12oc%13ccccc%13c%12c%11%10)cc89)cc7sc6c6oc7ccccc7c6c54)cc32)cc1. The van der Waals surface area contributed by atoms with E-state index in [1.54, 1.807) is 0 Å². The molecule has 0 saturated carbocycles. The average molecular weight is 1220 g/mol. The fourth-order valence-electron chi connectivity index (χ4n) is 16.7. The van der Waals surface area contributed by atoms with E-state index in [-0.39, 0.29) is 0 Å². The third-order valence-electron chi connectivity index (χ3n) is 20.4. The lowest BCUT2D eigenvalue weighted by Gasteiger charge is -2.34. The lowest BCUT2D eigenvalue weighted by molar-refractivity contribution is 0.673. The second-order valence-corrected chi connectivity index (χ2v) is 28.0. The van der Waals surface area contributed by atoms with Gasteiger partial charge in [-0.2, -0.15) is 0 Å². The molecule has 1 aliphatic carbocycles. The summed E-state index contributed by atoms with van der Waals surface area (Å²) in [5.41, 5.74) is 20.1. The number of nitrogens with zero attached hydrogens (tertiary/aromatic N) is 2. The van der Waals surface area contributed by atoms with E-state index in [0.717, 1.165) is 66.3 Å². The van der Waals surface area contributed by atoms with Crippen LogP contribution in [0.4, 0.5) is 0 Å². The Bertz CT molecular complexity index is 6780. The second kappa shape index (κ2) is 18.1. The molecule has 14 aromatic carbocycles. The number of benzene rings is 14. The van der Waals surface area contributed by atoms with Crippen LogP contribution >= 0.6 is 34.0 Å². The summed E-state index contributed by atoms with van der Waals surface area (Å²) in [6.45, 7) is 0. The molecule has 0 fully saturated rings. The molecular weight excluding hydrogens is 1180 g/mol. The van der Waals surface area contributed by atoms with E-state index in [1.165, 1.54) is 138 Å². The van der Waals surface area contributed by atoms with E-state index < -0.39 is 5.41 Å². The summed E-state index contributed by atoms with van der Waals surface area (Å²) in [7, 11) is 0. The van der Waals surface area contributed by atoms with Gasteiger partial charge in [0.1, 0.15) is 11.2 Å². The Hall–Kier alpha value is -11.1. The third kappa shape index (κ3) is 6.30. The van der Waals surface area contributed by atoms with E-state index in [1.807, 2.05) is 34.0 Å². The van der Waals surface area contributed by atoms with Gasteiger partial charge in [-0.15, -0.1) is 34.0 Å². The second-order valence-electron chi connectivity index (χ2n) is 24.8. The third-order valence-corrected chi connectivity index (χ3v) is 23.9. The van der Waals surface area contributed by atoms with Crippen molar-refractivity contribution in [1.82, 2.24) is 9.13 Å². The number of furan rings is 2. The first-order valence-electron chi connectivity index (χ1n) is 31.4. The Morgan fingerprint density at radius 3 is 1.45 bits per heavy atom. The lowest BCUT2D eigenvalue weighted by atomic mass is 9.67. The van der Waals surface area contributed by atoms with Crippen LogP contribution in [0.3, 0.4) is 0 Å². The van der Waals surface area contributed by atoms with Gasteiger partial charge >= 0.3 is 0 Å². The Kier molecular flexibility index (Phi) is 9.79. The molecule has 22 rings (SSSR count). The molecule has 0 radical (unpaired) electrons. The average Bonchev–Trinajstić information content (AvgIpc) is 1.54. The largest absolute Gasteiger partial charge is 0.454 e. The number of aromatic nitrogens is 2. The molecule has 0 unspecified atom stereocenters. The van der Waals surface area contributed by atoms with Crippen LogP contribution in [0.2, 0.25) is 0 Å². The van der Waals surface area contributed by atoms with Crippen molar-refractivity contribution in [2.24, 2.45) is 0 Å². The molecule has 0 N–H and O–H groups in total. The molecule has 92 heavy (non-hydrogen) atoms. The fraction of sp³-hybridized carbons (Fsp3) is 0.0118. The summed E-state index contributed by atoms with van der Waals surface area (Å²) >= 11 is 5.58. The highest BCUT2D eigenvalue weighted by Crippen LogP contribution is 2.59. The monoisotopic (exact) mass is 1220 g/mol. The molecule has 1 aliphatic rings. The molecule has 426 valence electrons. The summed E-state index contributed by atoms with van der Waals surface area (Å²) in [4.78, 5) is 0. The summed E-state index contributed by atoms with van der Waals surface area (Å²) < 4.78 is 26.6. The van der Waals surface area contributed by atoms with Gasteiger partial charge in [0.15, 0.2) is 11.2 Å². The minimum Gasteiger partial charge on any atom is -0.454 e. The van der Waals surface area contributed by atoms with Gasteiger partial charge in [0.25, 0.3) is 0 Å². The van der Waals surface area contributed by atoms with Crippen molar-refractivity contribution >= 4 is 182 Å². The molecule has 0 aliphatic heterocycles. The van der Waals surface area contributed by atoms with Crippen molar-refractivity contribution in [3.63, 3.8) is 0 Å². The molecule has 7 heteroatoms. The predicted octanol–water partition coefficient (Wildman–Crippen LogP) is 24.8. The van der Waals surface area contributed by atoms with Gasteiger partial charge in [-0.3, -0.25) is 0 Å². The van der Waals surface area contributed by atoms with Gasteiger partial charge < -0.3 is 18.0 Å². The quantitative estimate of drug-likeness (QED) is 0.172. The molecule has 0 saturated heterocycles. The van der Waals surface area contributed by atoms with Crippen LogP contribution in [0.5, 0.6) is 0 Å². The topological polar surface area (TPSA) is 36.1 Å². The van der Waals surface area contributed by atoms with Crippen molar-refractivity contribution in [3.05, 3.63) is 301 Å². The van der Waals surface area contributed by atoms with Gasteiger partial charge in [-0.25, -0.2) is 0 Å². The zero-order chi connectivity index (χ0) is 59.7. The number of hydrogen-bond acceptors (Lipinski definition) is 5. The van der Waals surface area contributed by atoms with Crippen molar-refractivity contribution in [1.29, 1.82) is 0 Å². The van der Waals surface area contributed by atoms with Gasteiger partial charge in [0.2, 0.25) is 0 Å². The van der Waals surface area contributed by atoms with Crippen molar-refractivity contribution in [2.75, 3.05) is 0 Å². The fourth-order valence-corrected chi connectivity index (χ4v) is 20.4. The summed E-state index contributed by atoms with van der Waals surface area (Å²) in [6, 6.07) is 104. The van der Waals surface area contributed by atoms with Gasteiger partial charge in [-0.05, 0) is 111 Å². The number of fused-ring (bicyclic) bond motifs is 30. The van der Waals surface area contributed by atoms with E-state index in [2.05, 4.69) is 288 Å². The minimum absolute atomic E-state index is 0.551. The Balaban J connectivity index is 0.757. The Morgan fingerprint density at radius 1 is 0.283 bits per heavy atom. The highest BCUT2D eigenvalue weighted by Gasteiger charge is 2.46. The number of rotatable bonds is 5. The Labute approximate surface area is 536 Å². The normalized spacial score (nSPS) is 13.3. The van der Waals surface area contributed by atoms with Crippen LogP contribution in [-0.4, -0.2) is 9.13 Å². The predicted molar refractivity (Wildman–Crippen MR) is 391 cm³/mol. The smallest absolute Gasteiger partial charge is 0.155 e. The molecule has 7 aromatic heterocycles. The Morgan fingerprint density at radius 2 is 0.772 bits per heavy atom. The maximum atomic E-state index is 7.21. The van der Waals surface area contributed by atoms with E-state index in [4.69, 9.17) is 8.83 Å². The summed E-state index contributed by atoms with van der Waals surface area (Å²) in [5.74, 6) is 0. The zero-order valence-electron chi connectivity index (χ0n) is 49.0. The van der Waals surface area contributed by atoms with Gasteiger partial charge in [-0.1, -0.05) is 212 Å². The first kappa shape index (κ1) is 49.8. The molecule has 21 aromatic rings. The summed E-state index contributed by atoms with van der Waals surface area (Å²) in [6.07, 6.45) is 0. The van der Waals surface area contributed by atoms with Crippen molar-refractivity contribution in [3.8, 4) is 33.6 Å². The summed E-state index contributed by atoms with van der Waals surface area (Å²) in [5, 5.41) is 17.0. The zero-order valence-corrected chi connectivity index (χ0v) is 51.4.